The highest BCUT2D eigenvalue weighted by molar-refractivity contribution is 5.71. The van der Waals surface area contributed by atoms with Crippen LogP contribution in [0.1, 0.15) is 0 Å². The van der Waals surface area contributed by atoms with Crippen molar-refractivity contribution in [3.05, 3.63) is 12.5 Å². The molecule has 1 radical (unpaired) electrons. The number of aromatic amines is 1. The Morgan fingerprint density at radius 1 is 1.89 bits per heavy atom. The van der Waals surface area contributed by atoms with Gasteiger partial charge in [0.05, 0.1) is 6.33 Å². The van der Waals surface area contributed by atoms with Gasteiger partial charge in [0.25, 0.3) is 0 Å². The summed E-state index contributed by atoms with van der Waals surface area (Å²) in [5.74, 6) is 0.574. The van der Waals surface area contributed by atoms with Crippen LogP contribution in [-0.4, -0.2) is 23.4 Å². The Morgan fingerprint density at radius 2 is 2.67 bits per heavy atom. The van der Waals surface area contributed by atoms with Gasteiger partial charge in [-0.15, -0.1) is 0 Å². The van der Waals surface area contributed by atoms with E-state index in [4.69, 9.17) is 0 Å². The SMILES string of the molecule is CN([C]=O)c1c[nH]cn1. The third-order valence-electron chi connectivity index (χ3n) is 0.964. The summed E-state index contributed by atoms with van der Waals surface area (Å²) in [4.78, 5) is 17.7. The van der Waals surface area contributed by atoms with E-state index in [-0.39, 0.29) is 0 Å². The topological polar surface area (TPSA) is 49.0 Å². The van der Waals surface area contributed by atoms with Crippen molar-refractivity contribution in [2.45, 2.75) is 0 Å². The molecule has 0 aliphatic carbocycles. The highest BCUT2D eigenvalue weighted by atomic mass is 16.1. The number of H-pyrrole nitrogens is 1. The van der Waals surface area contributed by atoms with Crippen LogP contribution in [0.2, 0.25) is 0 Å². The summed E-state index contributed by atoms with van der Waals surface area (Å²) in [6.45, 7) is 0. The van der Waals surface area contributed by atoms with Gasteiger partial charge in [-0.2, -0.15) is 0 Å². The minimum absolute atomic E-state index is 0.574. The van der Waals surface area contributed by atoms with Crippen LogP contribution in [0, 0.1) is 0 Å². The van der Waals surface area contributed by atoms with E-state index in [0.29, 0.717) is 5.82 Å². The quantitative estimate of drug-likeness (QED) is 0.560. The van der Waals surface area contributed by atoms with Gasteiger partial charge in [-0.05, 0) is 0 Å². The predicted octanol–water partition coefficient (Wildman–Crippen LogP) is -0.0869. The van der Waals surface area contributed by atoms with E-state index in [1.165, 1.54) is 11.2 Å². The molecular weight excluding hydrogens is 118 g/mol. The lowest BCUT2D eigenvalue weighted by atomic mass is 10.7. The molecule has 4 nitrogen and oxygen atoms in total. The zero-order valence-electron chi connectivity index (χ0n) is 4.96. The molecule has 1 amide bonds. The minimum atomic E-state index is 0.574. The molecular formula is C5H6N3O. The first kappa shape index (κ1) is 5.81. The Labute approximate surface area is 52.5 Å². The lowest BCUT2D eigenvalue weighted by molar-refractivity contribution is 0.554. The van der Waals surface area contributed by atoms with Crippen LogP contribution in [0.15, 0.2) is 12.5 Å². The number of amides is 1. The molecule has 0 fully saturated rings. The van der Waals surface area contributed by atoms with Crippen LogP contribution < -0.4 is 4.90 Å². The standard InChI is InChI=1S/C5H6N3O/c1-8(4-9)5-2-6-3-7-5/h2-3H,1H3,(H,6,7). The largest absolute Gasteiger partial charge is 0.349 e. The number of carbonyl (C=O) groups excluding carboxylic acids is 1. The zero-order chi connectivity index (χ0) is 6.69. The fourth-order valence-corrected chi connectivity index (χ4v) is 0.483. The lowest BCUT2D eigenvalue weighted by Crippen LogP contribution is -2.13. The average Bonchev–Trinajstić information content (AvgIpc) is 2.37. The van der Waals surface area contributed by atoms with E-state index in [2.05, 4.69) is 9.97 Å². The molecule has 0 bridgehead atoms. The Hall–Kier alpha value is -1.32. The minimum Gasteiger partial charge on any atom is -0.349 e. The van der Waals surface area contributed by atoms with Gasteiger partial charge in [-0.25, -0.2) is 4.98 Å². The van der Waals surface area contributed by atoms with Gasteiger partial charge in [-0.1, -0.05) is 0 Å². The first-order valence-corrected chi connectivity index (χ1v) is 2.45. The third-order valence-corrected chi connectivity index (χ3v) is 0.964. The number of nitrogens with zero attached hydrogens (tertiary/aromatic N) is 2. The maximum absolute atomic E-state index is 9.95. The fraction of sp³-hybridized carbons (Fsp3) is 0.200. The monoisotopic (exact) mass is 124 g/mol. The number of hydrogen-bond donors (Lipinski definition) is 1. The summed E-state index contributed by atoms with van der Waals surface area (Å²) in [6, 6.07) is 0. The van der Waals surface area contributed by atoms with Crippen molar-refractivity contribution >= 4 is 12.2 Å². The predicted molar refractivity (Wildman–Crippen MR) is 32.7 cm³/mol. The Balaban J connectivity index is 2.76. The summed E-state index contributed by atoms with van der Waals surface area (Å²) in [5.41, 5.74) is 0. The number of anilines is 1. The molecule has 1 rings (SSSR count). The summed E-state index contributed by atoms with van der Waals surface area (Å²) in [6.07, 6.45) is 4.79. The van der Waals surface area contributed by atoms with Crippen LogP contribution in [-0.2, 0) is 4.79 Å². The molecule has 1 aromatic heterocycles. The van der Waals surface area contributed by atoms with Crippen LogP contribution in [0.4, 0.5) is 5.82 Å². The molecule has 0 unspecified atom stereocenters. The smallest absolute Gasteiger partial charge is 0.317 e. The molecule has 0 saturated carbocycles. The highest BCUT2D eigenvalue weighted by Gasteiger charge is 1.98. The number of aromatic nitrogens is 2. The van der Waals surface area contributed by atoms with E-state index >= 15 is 0 Å². The van der Waals surface area contributed by atoms with E-state index in [1.54, 1.807) is 19.7 Å². The Morgan fingerprint density at radius 3 is 3.11 bits per heavy atom. The van der Waals surface area contributed by atoms with E-state index in [0.717, 1.165) is 0 Å². The second-order valence-corrected chi connectivity index (χ2v) is 1.58. The molecule has 0 aliphatic rings. The van der Waals surface area contributed by atoms with Crippen LogP contribution in [0.3, 0.4) is 0 Å². The molecule has 0 saturated heterocycles. The second kappa shape index (κ2) is 2.30. The maximum atomic E-state index is 9.95. The van der Waals surface area contributed by atoms with Crippen molar-refractivity contribution in [2.75, 3.05) is 11.9 Å². The van der Waals surface area contributed by atoms with Gasteiger partial charge in [-0.3, -0.25) is 9.69 Å². The summed E-state index contributed by atoms with van der Waals surface area (Å²) >= 11 is 0. The van der Waals surface area contributed by atoms with Gasteiger partial charge in [0.2, 0.25) is 0 Å². The van der Waals surface area contributed by atoms with Crippen molar-refractivity contribution in [2.24, 2.45) is 0 Å². The van der Waals surface area contributed by atoms with Gasteiger partial charge in [0.15, 0.2) is 5.82 Å². The Bertz CT molecular complexity index is 182. The third kappa shape index (κ3) is 1.07. The molecule has 0 aromatic carbocycles. The van der Waals surface area contributed by atoms with Gasteiger partial charge >= 0.3 is 6.41 Å². The highest BCUT2D eigenvalue weighted by Crippen LogP contribution is 2.00. The summed E-state index contributed by atoms with van der Waals surface area (Å²) in [7, 11) is 1.59. The zero-order valence-corrected chi connectivity index (χ0v) is 4.96. The van der Waals surface area contributed by atoms with Crippen LogP contribution in [0.25, 0.3) is 0 Å². The molecule has 9 heavy (non-hydrogen) atoms. The van der Waals surface area contributed by atoms with Gasteiger partial charge in [0.1, 0.15) is 0 Å². The number of rotatable bonds is 2. The molecule has 1 aromatic rings. The molecule has 4 heteroatoms. The van der Waals surface area contributed by atoms with Crippen molar-refractivity contribution in [3.8, 4) is 0 Å². The molecule has 1 heterocycles. The molecule has 47 valence electrons. The second-order valence-electron chi connectivity index (χ2n) is 1.58. The first-order valence-electron chi connectivity index (χ1n) is 2.45. The number of hydrogen-bond acceptors (Lipinski definition) is 2. The maximum Gasteiger partial charge on any atom is 0.317 e. The van der Waals surface area contributed by atoms with E-state index in [1.807, 2.05) is 0 Å². The summed E-state index contributed by atoms with van der Waals surface area (Å²) < 4.78 is 0. The lowest BCUT2D eigenvalue weighted by Gasteiger charge is -2.01. The van der Waals surface area contributed by atoms with Crippen LogP contribution in [0.5, 0.6) is 0 Å². The first-order chi connectivity index (χ1) is 4.34. The van der Waals surface area contributed by atoms with E-state index < -0.39 is 0 Å². The normalized spacial score (nSPS) is 9.00. The molecule has 0 aliphatic heterocycles. The molecule has 1 N–H and O–H groups in total. The van der Waals surface area contributed by atoms with Crippen molar-refractivity contribution < 1.29 is 4.79 Å². The molecule has 0 spiro atoms. The van der Waals surface area contributed by atoms with E-state index in [9.17, 15) is 4.79 Å². The molecule has 0 atom stereocenters. The van der Waals surface area contributed by atoms with Gasteiger partial charge in [0, 0.05) is 13.2 Å². The van der Waals surface area contributed by atoms with Gasteiger partial charge < -0.3 is 4.98 Å². The van der Waals surface area contributed by atoms with Crippen molar-refractivity contribution in [1.82, 2.24) is 9.97 Å². The summed E-state index contributed by atoms with van der Waals surface area (Å²) in [5, 5.41) is 0. The van der Waals surface area contributed by atoms with Crippen molar-refractivity contribution in [1.29, 1.82) is 0 Å². The number of imidazole rings is 1. The Kier molecular flexibility index (Phi) is 1.48. The number of nitrogens with one attached hydrogen (secondary N) is 1. The fourth-order valence-electron chi connectivity index (χ4n) is 0.483. The average molecular weight is 124 g/mol. The van der Waals surface area contributed by atoms with Crippen LogP contribution >= 0.6 is 0 Å². The van der Waals surface area contributed by atoms with Crippen molar-refractivity contribution in [3.63, 3.8) is 0 Å².